The maximum Gasteiger partial charge on any atom is 0.127 e. The summed E-state index contributed by atoms with van der Waals surface area (Å²) in [5.74, 6) is 0.969. The smallest absolute Gasteiger partial charge is 0.127 e. The molecule has 0 saturated carbocycles. The molecule has 0 aliphatic heterocycles. The summed E-state index contributed by atoms with van der Waals surface area (Å²) in [5.41, 5.74) is 1.78. The lowest BCUT2D eigenvalue weighted by Gasteiger charge is -2.21. The van der Waals surface area contributed by atoms with Gasteiger partial charge in [-0.15, -0.1) is 0 Å². The van der Waals surface area contributed by atoms with Crippen molar-refractivity contribution >= 4 is 17.3 Å². The molecule has 4 nitrogen and oxygen atoms in total. The van der Waals surface area contributed by atoms with Crippen molar-refractivity contribution < 1.29 is 5.11 Å². The second kappa shape index (κ2) is 5.42. The van der Waals surface area contributed by atoms with Gasteiger partial charge in [0.05, 0.1) is 13.2 Å². The Morgan fingerprint density at radius 2 is 2.22 bits per heavy atom. The lowest BCUT2D eigenvalue weighted by atomic mass is 10.1. The highest BCUT2D eigenvalue weighted by Gasteiger charge is 2.10. The van der Waals surface area contributed by atoms with Crippen LogP contribution in [0.2, 0.25) is 5.02 Å². The number of halogens is 1. The number of aryl methyl sites for hydroxylation is 1. The zero-order valence-electron chi connectivity index (χ0n) is 10.5. The standard InChI is InChI=1S/C13H16ClN3O/c1-16-6-5-15-13(16)8-17(2)12-4-3-11(14)7-10(12)9-18/h3-7,18H,8-9H2,1-2H3. The zero-order valence-corrected chi connectivity index (χ0v) is 11.2. The Bertz CT molecular complexity index is 539. The predicted molar refractivity (Wildman–Crippen MR) is 72.7 cm³/mol. The molecule has 0 spiro atoms. The molecule has 0 atom stereocenters. The highest BCUT2D eigenvalue weighted by atomic mass is 35.5. The van der Waals surface area contributed by atoms with E-state index in [1.165, 1.54) is 0 Å². The van der Waals surface area contributed by atoms with E-state index in [1.807, 2.05) is 41.9 Å². The number of imidazole rings is 1. The van der Waals surface area contributed by atoms with E-state index in [0.29, 0.717) is 11.6 Å². The fourth-order valence-electron chi connectivity index (χ4n) is 1.90. The van der Waals surface area contributed by atoms with Crippen molar-refractivity contribution in [2.75, 3.05) is 11.9 Å². The molecule has 0 amide bonds. The first-order valence-corrected chi connectivity index (χ1v) is 6.06. The van der Waals surface area contributed by atoms with Crippen molar-refractivity contribution in [1.82, 2.24) is 9.55 Å². The van der Waals surface area contributed by atoms with E-state index in [9.17, 15) is 5.11 Å². The Balaban J connectivity index is 2.23. The average molecular weight is 266 g/mol. The average Bonchev–Trinajstić information content (AvgIpc) is 2.74. The molecule has 1 aromatic heterocycles. The van der Waals surface area contributed by atoms with Gasteiger partial charge in [-0.05, 0) is 18.2 Å². The number of benzene rings is 1. The molecule has 0 fully saturated rings. The molecule has 0 radical (unpaired) electrons. The van der Waals surface area contributed by atoms with Gasteiger partial charge in [-0.1, -0.05) is 11.6 Å². The molecule has 5 heteroatoms. The van der Waals surface area contributed by atoms with Crippen LogP contribution >= 0.6 is 11.6 Å². The van der Waals surface area contributed by atoms with Gasteiger partial charge in [-0.25, -0.2) is 4.98 Å². The summed E-state index contributed by atoms with van der Waals surface area (Å²) in [6, 6.07) is 5.52. The molecule has 1 N–H and O–H groups in total. The van der Waals surface area contributed by atoms with E-state index in [2.05, 4.69) is 4.98 Å². The second-order valence-corrected chi connectivity index (χ2v) is 4.68. The molecule has 0 unspecified atom stereocenters. The van der Waals surface area contributed by atoms with Crippen molar-refractivity contribution in [2.45, 2.75) is 13.2 Å². The quantitative estimate of drug-likeness (QED) is 0.922. The van der Waals surface area contributed by atoms with Gasteiger partial charge in [0.15, 0.2) is 0 Å². The Morgan fingerprint density at radius 1 is 1.44 bits per heavy atom. The predicted octanol–water partition coefficient (Wildman–Crippen LogP) is 2.20. The van der Waals surface area contributed by atoms with Gasteiger partial charge in [0, 0.05) is 42.8 Å². The van der Waals surface area contributed by atoms with Crippen LogP contribution < -0.4 is 4.90 Å². The molecule has 18 heavy (non-hydrogen) atoms. The first-order chi connectivity index (χ1) is 8.61. The summed E-state index contributed by atoms with van der Waals surface area (Å²) in [4.78, 5) is 6.33. The Kier molecular flexibility index (Phi) is 3.89. The van der Waals surface area contributed by atoms with Crippen LogP contribution in [0.15, 0.2) is 30.6 Å². The number of anilines is 1. The normalized spacial score (nSPS) is 10.7. The topological polar surface area (TPSA) is 41.3 Å². The number of hydrogen-bond acceptors (Lipinski definition) is 3. The van der Waals surface area contributed by atoms with Crippen LogP contribution in [0.3, 0.4) is 0 Å². The van der Waals surface area contributed by atoms with Gasteiger partial charge in [-0.2, -0.15) is 0 Å². The second-order valence-electron chi connectivity index (χ2n) is 4.24. The van der Waals surface area contributed by atoms with E-state index >= 15 is 0 Å². The summed E-state index contributed by atoms with van der Waals surface area (Å²) < 4.78 is 1.98. The van der Waals surface area contributed by atoms with E-state index in [1.54, 1.807) is 12.3 Å². The number of aliphatic hydroxyl groups excluding tert-OH is 1. The van der Waals surface area contributed by atoms with Gasteiger partial charge in [-0.3, -0.25) is 0 Å². The van der Waals surface area contributed by atoms with Crippen LogP contribution in [-0.2, 0) is 20.2 Å². The number of aliphatic hydroxyl groups is 1. The molecule has 96 valence electrons. The van der Waals surface area contributed by atoms with E-state index in [-0.39, 0.29) is 6.61 Å². The van der Waals surface area contributed by atoms with Crippen LogP contribution in [0.4, 0.5) is 5.69 Å². The molecule has 0 aliphatic rings. The minimum atomic E-state index is -0.0270. The summed E-state index contributed by atoms with van der Waals surface area (Å²) in [5, 5.41) is 10.00. The first-order valence-electron chi connectivity index (χ1n) is 5.68. The fourth-order valence-corrected chi connectivity index (χ4v) is 2.09. The van der Waals surface area contributed by atoms with E-state index < -0.39 is 0 Å². The molecular formula is C13H16ClN3O. The van der Waals surface area contributed by atoms with E-state index in [4.69, 9.17) is 11.6 Å². The van der Waals surface area contributed by atoms with Gasteiger partial charge in [0.2, 0.25) is 0 Å². The Hall–Kier alpha value is -1.52. The maximum absolute atomic E-state index is 9.37. The third kappa shape index (κ3) is 2.66. The first kappa shape index (κ1) is 12.9. The third-order valence-corrected chi connectivity index (χ3v) is 3.16. The summed E-state index contributed by atoms with van der Waals surface area (Å²) in [6.45, 7) is 0.652. The SMILES string of the molecule is CN(Cc1nccn1C)c1ccc(Cl)cc1CO. The van der Waals surface area contributed by atoms with Crippen molar-refractivity contribution in [1.29, 1.82) is 0 Å². The number of aromatic nitrogens is 2. The largest absolute Gasteiger partial charge is 0.392 e. The molecule has 1 heterocycles. The minimum Gasteiger partial charge on any atom is -0.392 e. The van der Waals surface area contributed by atoms with Gasteiger partial charge in [0.1, 0.15) is 5.82 Å². The van der Waals surface area contributed by atoms with E-state index in [0.717, 1.165) is 17.1 Å². The lowest BCUT2D eigenvalue weighted by Crippen LogP contribution is -2.20. The van der Waals surface area contributed by atoms with Crippen molar-refractivity contribution in [3.05, 3.63) is 47.0 Å². The van der Waals surface area contributed by atoms with Crippen LogP contribution in [0.5, 0.6) is 0 Å². The number of hydrogen-bond donors (Lipinski definition) is 1. The van der Waals surface area contributed by atoms with Gasteiger partial charge in [0.25, 0.3) is 0 Å². The van der Waals surface area contributed by atoms with Crippen LogP contribution in [0.25, 0.3) is 0 Å². The molecule has 0 aliphatic carbocycles. The highest BCUT2D eigenvalue weighted by molar-refractivity contribution is 6.30. The van der Waals surface area contributed by atoms with Crippen molar-refractivity contribution in [3.63, 3.8) is 0 Å². The van der Waals surface area contributed by atoms with Crippen LogP contribution in [0.1, 0.15) is 11.4 Å². The zero-order chi connectivity index (χ0) is 13.1. The number of rotatable bonds is 4. The van der Waals surface area contributed by atoms with Crippen molar-refractivity contribution in [2.24, 2.45) is 7.05 Å². The summed E-state index contributed by atoms with van der Waals surface area (Å²) in [6.07, 6.45) is 3.69. The van der Waals surface area contributed by atoms with Gasteiger partial charge < -0.3 is 14.6 Å². The fraction of sp³-hybridized carbons (Fsp3) is 0.308. The third-order valence-electron chi connectivity index (χ3n) is 2.92. The molecule has 2 rings (SSSR count). The van der Waals surface area contributed by atoms with Crippen molar-refractivity contribution in [3.8, 4) is 0 Å². The lowest BCUT2D eigenvalue weighted by molar-refractivity contribution is 0.282. The highest BCUT2D eigenvalue weighted by Crippen LogP contribution is 2.24. The number of nitrogens with zero attached hydrogens (tertiary/aromatic N) is 3. The monoisotopic (exact) mass is 265 g/mol. The molecule has 0 saturated heterocycles. The van der Waals surface area contributed by atoms with Crippen LogP contribution in [-0.4, -0.2) is 21.7 Å². The molecule has 0 bridgehead atoms. The van der Waals surface area contributed by atoms with Crippen LogP contribution in [0, 0.1) is 0 Å². The van der Waals surface area contributed by atoms with Gasteiger partial charge >= 0.3 is 0 Å². The minimum absolute atomic E-state index is 0.0270. The Morgan fingerprint density at radius 3 is 2.83 bits per heavy atom. The molecule has 2 aromatic rings. The summed E-state index contributed by atoms with van der Waals surface area (Å²) in [7, 11) is 3.93. The molecule has 1 aromatic carbocycles. The molecular weight excluding hydrogens is 250 g/mol. The maximum atomic E-state index is 9.37. The summed E-state index contributed by atoms with van der Waals surface area (Å²) >= 11 is 5.92. The Labute approximate surface area is 111 Å².